The SMILES string of the molecule is CC(C(=O)c1ccccc1)N(C)CCc1ccccc1. The maximum atomic E-state index is 12.4. The van der Waals surface area contributed by atoms with Gasteiger partial charge in [-0.2, -0.15) is 0 Å². The molecular formula is C18H21NO. The number of carbonyl (C=O) groups is 1. The van der Waals surface area contributed by atoms with Gasteiger partial charge in [0.25, 0.3) is 0 Å². The molecular weight excluding hydrogens is 246 g/mol. The molecule has 0 heterocycles. The van der Waals surface area contributed by atoms with Crippen LogP contribution in [0.4, 0.5) is 0 Å². The predicted octanol–water partition coefficient (Wildman–Crippen LogP) is 3.43. The first-order chi connectivity index (χ1) is 9.68. The Hall–Kier alpha value is -1.93. The van der Waals surface area contributed by atoms with E-state index in [1.54, 1.807) is 0 Å². The fourth-order valence-electron chi connectivity index (χ4n) is 2.19. The summed E-state index contributed by atoms with van der Waals surface area (Å²) < 4.78 is 0. The van der Waals surface area contributed by atoms with Crippen LogP contribution >= 0.6 is 0 Å². The van der Waals surface area contributed by atoms with Gasteiger partial charge in [0.1, 0.15) is 0 Å². The number of nitrogens with zero attached hydrogens (tertiary/aromatic N) is 1. The van der Waals surface area contributed by atoms with E-state index in [0.29, 0.717) is 0 Å². The third-order valence-corrected chi connectivity index (χ3v) is 3.69. The first-order valence-corrected chi connectivity index (χ1v) is 7.02. The minimum atomic E-state index is -0.0962. The van der Waals surface area contributed by atoms with Crippen molar-refractivity contribution in [3.05, 3.63) is 71.8 Å². The first-order valence-electron chi connectivity index (χ1n) is 7.02. The number of Topliss-reactive ketones (excluding diaryl/α,β-unsaturated/α-hetero) is 1. The lowest BCUT2D eigenvalue weighted by Gasteiger charge is -2.23. The molecule has 1 unspecified atom stereocenters. The average molecular weight is 267 g/mol. The van der Waals surface area contributed by atoms with Crippen molar-refractivity contribution < 1.29 is 4.79 Å². The highest BCUT2D eigenvalue weighted by Crippen LogP contribution is 2.09. The highest BCUT2D eigenvalue weighted by Gasteiger charge is 2.18. The van der Waals surface area contributed by atoms with E-state index in [1.807, 2.05) is 62.5 Å². The summed E-state index contributed by atoms with van der Waals surface area (Å²) in [7, 11) is 2.01. The summed E-state index contributed by atoms with van der Waals surface area (Å²) in [6.45, 7) is 2.85. The summed E-state index contributed by atoms with van der Waals surface area (Å²) in [6, 6.07) is 19.8. The van der Waals surface area contributed by atoms with Crippen LogP contribution in [-0.2, 0) is 6.42 Å². The molecule has 2 aromatic carbocycles. The first kappa shape index (κ1) is 14.5. The Morgan fingerprint density at radius 1 is 1.00 bits per heavy atom. The third kappa shape index (κ3) is 3.78. The van der Waals surface area contributed by atoms with Crippen molar-refractivity contribution in [3.63, 3.8) is 0 Å². The molecule has 0 saturated carbocycles. The Kier molecular flexibility index (Phi) is 5.08. The zero-order valence-electron chi connectivity index (χ0n) is 12.1. The van der Waals surface area contributed by atoms with Gasteiger partial charge in [-0.1, -0.05) is 60.7 Å². The van der Waals surface area contributed by atoms with Crippen LogP contribution in [0.1, 0.15) is 22.8 Å². The van der Waals surface area contributed by atoms with Gasteiger partial charge in [0.15, 0.2) is 5.78 Å². The van der Waals surface area contributed by atoms with E-state index in [-0.39, 0.29) is 11.8 Å². The topological polar surface area (TPSA) is 20.3 Å². The fraction of sp³-hybridized carbons (Fsp3) is 0.278. The van der Waals surface area contributed by atoms with Gasteiger partial charge in [-0.3, -0.25) is 9.69 Å². The maximum Gasteiger partial charge on any atom is 0.179 e. The quantitative estimate of drug-likeness (QED) is 0.747. The molecule has 0 spiro atoms. The molecule has 0 N–H and O–H groups in total. The van der Waals surface area contributed by atoms with E-state index in [0.717, 1.165) is 18.5 Å². The van der Waals surface area contributed by atoms with Gasteiger partial charge in [0.2, 0.25) is 0 Å². The van der Waals surface area contributed by atoms with Crippen LogP contribution in [0.3, 0.4) is 0 Å². The monoisotopic (exact) mass is 267 g/mol. The van der Waals surface area contributed by atoms with E-state index < -0.39 is 0 Å². The molecule has 0 aliphatic carbocycles. The summed E-state index contributed by atoms with van der Waals surface area (Å²) in [6.07, 6.45) is 0.962. The molecule has 0 aromatic heterocycles. The van der Waals surface area contributed by atoms with Gasteiger partial charge in [-0.25, -0.2) is 0 Å². The van der Waals surface area contributed by atoms with Crippen LogP contribution in [0.2, 0.25) is 0 Å². The second-order valence-electron chi connectivity index (χ2n) is 5.12. The summed E-state index contributed by atoms with van der Waals surface area (Å²) >= 11 is 0. The van der Waals surface area contributed by atoms with Crippen LogP contribution in [0.15, 0.2) is 60.7 Å². The molecule has 0 fully saturated rings. The molecule has 2 rings (SSSR count). The molecule has 0 radical (unpaired) electrons. The lowest BCUT2D eigenvalue weighted by atomic mass is 10.0. The van der Waals surface area contributed by atoms with Crippen LogP contribution < -0.4 is 0 Å². The van der Waals surface area contributed by atoms with Crippen LogP contribution in [0, 0.1) is 0 Å². The van der Waals surface area contributed by atoms with Gasteiger partial charge < -0.3 is 0 Å². The summed E-state index contributed by atoms with van der Waals surface area (Å²) in [5.74, 6) is 0.182. The van der Waals surface area contributed by atoms with Gasteiger partial charge in [0.05, 0.1) is 6.04 Å². The van der Waals surface area contributed by atoms with Crippen molar-refractivity contribution >= 4 is 5.78 Å². The molecule has 0 bridgehead atoms. The van der Waals surface area contributed by atoms with Crippen molar-refractivity contribution in [2.45, 2.75) is 19.4 Å². The molecule has 2 heteroatoms. The highest BCUT2D eigenvalue weighted by atomic mass is 16.1. The van der Waals surface area contributed by atoms with E-state index in [9.17, 15) is 4.79 Å². The standard InChI is InChI=1S/C18H21NO/c1-15(18(20)17-11-7-4-8-12-17)19(2)14-13-16-9-5-3-6-10-16/h3-12,15H,13-14H2,1-2H3. The predicted molar refractivity (Wildman–Crippen MR) is 83.0 cm³/mol. The Labute approximate surface area is 121 Å². The Morgan fingerprint density at radius 2 is 1.55 bits per heavy atom. The zero-order valence-corrected chi connectivity index (χ0v) is 12.1. The molecule has 0 aliphatic heterocycles. The zero-order chi connectivity index (χ0) is 14.4. The fourth-order valence-corrected chi connectivity index (χ4v) is 2.19. The molecule has 20 heavy (non-hydrogen) atoms. The average Bonchev–Trinajstić information content (AvgIpc) is 2.53. The number of likely N-dealkylation sites (N-methyl/N-ethyl adjacent to an activating group) is 1. The van der Waals surface area contributed by atoms with Crippen LogP contribution in [0.25, 0.3) is 0 Å². The van der Waals surface area contributed by atoms with Crippen molar-refractivity contribution in [3.8, 4) is 0 Å². The summed E-state index contributed by atoms with van der Waals surface area (Å²) in [4.78, 5) is 14.5. The molecule has 0 aliphatic rings. The van der Waals surface area contributed by atoms with Crippen LogP contribution in [0.5, 0.6) is 0 Å². The second-order valence-corrected chi connectivity index (χ2v) is 5.12. The van der Waals surface area contributed by atoms with Gasteiger partial charge in [-0.05, 0) is 26.0 Å². The molecule has 2 nitrogen and oxygen atoms in total. The van der Waals surface area contributed by atoms with Crippen LogP contribution in [-0.4, -0.2) is 30.3 Å². The normalized spacial score (nSPS) is 12.3. The number of ketones is 1. The van der Waals surface area contributed by atoms with Gasteiger partial charge in [-0.15, -0.1) is 0 Å². The van der Waals surface area contributed by atoms with Gasteiger partial charge in [0, 0.05) is 12.1 Å². The van der Waals surface area contributed by atoms with E-state index in [2.05, 4.69) is 17.0 Å². The number of rotatable bonds is 6. The highest BCUT2D eigenvalue weighted by molar-refractivity contribution is 5.99. The molecule has 1 atom stereocenters. The number of benzene rings is 2. The van der Waals surface area contributed by atoms with Crippen molar-refractivity contribution in [1.82, 2.24) is 4.90 Å². The largest absolute Gasteiger partial charge is 0.296 e. The number of carbonyl (C=O) groups excluding carboxylic acids is 1. The molecule has 0 saturated heterocycles. The third-order valence-electron chi connectivity index (χ3n) is 3.69. The minimum absolute atomic E-state index is 0.0962. The number of hydrogen-bond donors (Lipinski definition) is 0. The van der Waals surface area contributed by atoms with Gasteiger partial charge >= 0.3 is 0 Å². The van der Waals surface area contributed by atoms with E-state index in [1.165, 1.54) is 5.56 Å². The van der Waals surface area contributed by atoms with Crippen molar-refractivity contribution in [2.24, 2.45) is 0 Å². The van der Waals surface area contributed by atoms with E-state index >= 15 is 0 Å². The van der Waals surface area contributed by atoms with E-state index in [4.69, 9.17) is 0 Å². The molecule has 0 amide bonds. The van der Waals surface area contributed by atoms with Crippen molar-refractivity contribution in [2.75, 3.05) is 13.6 Å². The Morgan fingerprint density at radius 3 is 2.15 bits per heavy atom. The Bertz CT molecular complexity index is 536. The molecule has 104 valence electrons. The smallest absolute Gasteiger partial charge is 0.179 e. The summed E-state index contributed by atoms with van der Waals surface area (Å²) in [5, 5.41) is 0. The minimum Gasteiger partial charge on any atom is -0.296 e. The lowest BCUT2D eigenvalue weighted by molar-refractivity contribution is 0.0870. The second kappa shape index (κ2) is 7.01. The Balaban J connectivity index is 1.92. The maximum absolute atomic E-state index is 12.4. The number of hydrogen-bond acceptors (Lipinski definition) is 2. The summed E-state index contributed by atoms with van der Waals surface area (Å²) in [5.41, 5.74) is 2.09. The molecule has 2 aromatic rings. The van der Waals surface area contributed by atoms with Crippen molar-refractivity contribution in [1.29, 1.82) is 0 Å². The lowest BCUT2D eigenvalue weighted by Crippen LogP contribution is -2.37.